The molecule has 0 aliphatic carbocycles. The number of aliphatic hydroxyl groups excluding tert-OH is 1. The minimum Gasteiger partial charge on any atom is -0.468 e. The quantitative estimate of drug-likeness (QED) is 0.853. The first kappa shape index (κ1) is 14.3. The Labute approximate surface area is 125 Å². The summed E-state index contributed by atoms with van der Waals surface area (Å²) in [6.07, 6.45) is 2.31. The summed E-state index contributed by atoms with van der Waals surface area (Å²) in [6, 6.07) is 14.7. The van der Waals surface area contributed by atoms with Gasteiger partial charge >= 0.3 is 0 Å². The van der Waals surface area contributed by atoms with Crippen molar-refractivity contribution in [2.24, 2.45) is 0 Å². The van der Waals surface area contributed by atoms with Crippen molar-refractivity contribution in [3.63, 3.8) is 0 Å². The average molecular weight is 286 g/mol. The second kappa shape index (κ2) is 6.89. The first-order valence-corrected chi connectivity index (χ1v) is 7.50. The molecule has 4 nitrogen and oxygen atoms in total. The fraction of sp³-hybridized carbons (Fsp3) is 0.412. The zero-order chi connectivity index (χ0) is 14.5. The summed E-state index contributed by atoms with van der Waals surface area (Å²) in [7, 11) is 0. The summed E-state index contributed by atoms with van der Waals surface area (Å²) in [4.78, 5) is 2.36. The molecule has 1 aliphatic rings. The third-order valence-corrected chi connectivity index (χ3v) is 3.99. The topological polar surface area (TPSA) is 48.6 Å². The van der Waals surface area contributed by atoms with Gasteiger partial charge < -0.3 is 14.8 Å². The van der Waals surface area contributed by atoms with Gasteiger partial charge in [-0.3, -0.25) is 4.90 Å². The van der Waals surface area contributed by atoms with Crippen LogP contribution in [0, 0.1) is 0 Å². The van der Waals surface area contributed by atoms with Gasteiger partial charge in [0.15, 0.2) is 0 Å². The average Bonchev–Trinajstić information content (AvgIpc) is 3.11. The number of nitrogens with one attached hydrogen (secondary N) is 1. The second-order valence-corrected chi connectivity index (χ2v) is 5.67. The van der Waals surface area contributed by atoms with E-state index in [0.717, 1.165) is 38.4 Å². The molecule has 0 spiro atoms. The van der Waals surface area contributed by atoms with Crippen LogP contribution in [0.5, 0.6) is 0 Å². The fourth-order valence-corrected chi connectivity index (χ4v) is 2.96. The molecule has 3 rings (SSSR count). The van der Waals surface area contributed by atoms with E-state index in [-0.39, 0.29) is 6.10 Å². The van der Waals surface area contributed by atoms with Gasteiger partial charge in [-0.1, -0.05) is 30.3 Å². The molecule has 2 heterocycles. The minimum atomic E-state index is -0.218. The molecule has 4 heteroatoms. The number of nitrogens with zero attached hydrogens (tertiary/aromatic N) is 1. The molecular formula is C17H22N2O2. The molecule has 1 aromatic carbocycles. The molecule has 0 amide bonds. The Morgan fingerprint density at radius 2 is 2.05 bits per heavy atom. The van der Waals surface area contributed by atoms with Crippen molar-refractivity contribution in [1.29, 1.82) is 0 Å². The van der Waals surface area contributed by atoms with Crippen molar-refractivity contribution in [3.05, 3.63) is 60.1 Å². The maximum Gasteiger partial charge on any atom is 0.117 e. The van der Waals surface area contributed by atoms with Gasteiger partial charge in [0.05, 0.1) is 18.9 Å². The number of likely N-dealkylation sites (tertiary alicyclic amines) is 1. The van der Waals surface area contributed by atoms with E-state index in [1.807, 2.05) is 18.2 Å². The van der Waals surface area contributed by atoms with Crippen LogP contribution in [0.25, 0.3) is 0 Å². The van der Waals surface area contributed by atoms with Crippen LogP contribution in [0.3, 0.4) is 0 Å². The Balaban J connectivity index is 1.52. The molecule has 1 saturated heterocycles. The molecule has 1 aliphatic heterocycles. The van der Waals surface area contributed by atoms with Gasteiger partial charge in [0.1, 0.15) is 5.76 Å². The number of hydrogen-bond donors (Lipinski definition) is 2. The van der Waals surface area contributed by atoms with E-state index in [9.17, 15) is 5.11 Å². The van der Waals surface area contributed by atoms with E-state index in [1.165, 1.54) is 5.56 Å². The lowest BCUT2D eigenvalue weighted by Crippen LogP contribution is -2.37. The van der Waals surface area contributed by atoms with Gasteiger partial charge in [0.2, 0.25) is 0 Å². The highest BCUT2D eigenvalue weighted by Gasteiger charge is 2.30. The van der Waals surface area contributed by atoms with Crippen LogP contribution in [0.1, 0.15) is 17.7 Å². The second-order valence-electron chi connectivity index (χ2n) is 5.67. The SMILES string of the molecule is OC1CC(CNCc2ccco2)N(Cc2ccccc2)C1. The lowest BCUT2D eigenvalue weighted by Gasteiger charge is -2.24. The molecule has 1 fully saturated rings. The normalized spacial score (nSPS) is 22.7. The van der Waals surface area contributed by atoms with Gasteiger partial charge in [-0.15, -0.1) is 0 Å². The smallest absolute Gasteiger partial charge is 0.117 e. The maximum absolute atomic E-state index is 9.94. The Morgan fingerprint density at radius 1 is 1.19 bits per heavy atom. The van der Waals surface area contributed by atoms with E-state index < -0.39 is 0 Å². The van der Waals surface area contributed by atoms with Crippen molar-refractivity contribution in [2.75, 3.05) is 13.1 Å². The van der Waals surface area contributed by atoms with Crippen LogP contribution >= 0.6 is 0 Å². The Hall–Kier alpha value is -1.62. The van der Waals surface area contributed by atoms with Crippen molar-refractivity contribution in [1.82, 2.24) is 10.2 Å². The number of furan rings is 1. The van der Waals surface area contributed by atoms with Gasteiger partial charge in [0.25, 0.3) is 0 Å². The standard InChI is InChI=1S/C17H22N2O2/c20-16-9-15(10-18-11-17-7-4-8-21-17)19(13-16)12-14-5-2-1-3-6-14/h1-8,15-16,18,20H,9-13H2. The van der Waals surface area contributed by atoms with Gasteiger partial charge in [0, 0.05) is 25.7 Å². The molecular weight excluding hydrogens is 264 g/mol. The summed E-state index contributed by atoms with van der Waals surface area (Å²) >= 11 is 0. The van der Waals surface area contributed by atoms with E-state index in [2.05, 4.69) is 34.5 Å². The zero-order valence-corrected chi connectivity index (χ0v) is 12.1. The van der Waals surface area contributed by atoms with Crippen molar-refractivity contribution in [3.8, 4) is 0 Å². The molecule has 2 aromatic rings. The monoisotopic (exact) mass is 286 g/mol. The summed E-state index contributed by atoms with van der Waals surface area (Å²) in [5, 5.41) is 13.4. The summed E-state index contributed by atoms with van der Waals surface area (Å²) < 4.78 is 5.32. The van der Waals surface area contributed by atoms with Crippen molar-refractivity contribution in [2.45, 2.75) is 31.7 Å². The van der Waals surface area contributed by atoms with Crippen molar-refractivity contribution >= 4 is 0 Å². The van der Waals surface area contributed by atoms with E-state index in [0.29, 0.717) is 6.04 Å². The van der Waals surface area contributed by atoms with Crippen LogP contribution in [0.15, 0.2) is 53.1 Å². The van der Waals surface area contributed by atoms with E-state index in [4.69, 9.17) is 4.42 Å². The number of rotatable bonds is 6. The summed E-state index contributed by atoms with van der Waals surface area (Å²) in [6.45, 7) is 3.25. The van der Waals surface area contributed by atoms with Crippen LogP contribution in [0.2, 0.25) is 0 Å². The van der Waals surface area contributed by atoms with E-state index in [1.54, 1.807) is 6.26 Å². The zero-order valence-electron chi connectivity index (χ0n) is 12.1. The summed E-state index contributed by atoms with van der Waals surface area (Å²) in [5.41, 5.74) is 1.29. The highest BCUT2D eigenvalue weighted by atomic mass is 16.3. The Bertz CT molecular complexity index is 527. The Morgan fingerprint density at radius 3 is 2.81 bits per heavy atom. The van der Waals surface area contributed by atoms with Crippen LogP contribution in [-0.2, 0) is 13.1 Å². The lowest BCUT2D eigenvalue weighted by molar-refractivity contribution is 0.172. The number of β-amino-alcohol motifs (C(OH)–C–C–N with tert-alkyl or cyclic N) is 1. The van der Waals surface area contributed by atoms with Crippen molar-refractivity contribution < 1.29 is 9.52 Å². The third-order valence-electron chi connectivity index (χ3n) is 3.99. The van der Waals surface area contributed by atoms with Gasteiger partial charge in [-0.2, -0.15) is 0 Å². The molecule has 2 N–H and O–H groups in total. The maximum atomic E-state index is 9.94. The molecule has 2 atom stereocenters. The highest BCUT2D eigenvalue weighted by molar-refractivity contribution is 5.15. The lowest BCUT2D eigenvalue weighted by atomic mass is 10.1. The van der Waals surface area contributed by atoms with E-state index >= 15 is 0 Å². The van der Waals surface area contributed by atoms with Crippen LogP contribution in [0.4, 0.5) is 0 Å². The molecule has 0 bridgehead atoms. The number of aliphatic hydroxyl groups is 1. The molecule has 112 valence electrons. The molecule has 1 aromatic heterocycles. The van der Waals surface area contributed by atoms with Gasteiger partial charge in [-0.05, 0) is 24.1 Å². The number of benzene rings is 1. The largest absolute Gasteiger partial charge is 0.468 e. The van der Waals surface area contributed by atoms with Crippen LogP contribution < -0.4 is 5.32 Å². The molecule has 21 heavy (non-hydrogen) atoms. The predicted molar refractivity (Wildman–Crippen MR) is 81.7 cm³/mol. The van der Waals surface area contributed by atoms with Gasteiger partial charge in [-0.25, -0.2) is 0 Å². The predicted octanol–water partition coefficient (Wildman–Crippen LogP) is 2.00. The first-order valence-electron chi connectivity index (χ1n) is 7.50. The molecule has 2 unspecified atom stereocenters. The third kappa shape index (κ3) is 3.94. The first-order chi connectivity index (χ1) is 10.3. The Kier molecular flexibility index (Phi) is 4.70. The summed E-state index contributed by atoms with van der Waals surface area (Å²) in [5.74, 6) is 0.947. The molecule has 0 radical (unpaired) electrons. The molecule has 0 saturated carbocycles. The fourth-order valence-electron chi connectivity index (χ4n) is 2.96. The minimum absolute atomic E-state index is 0.218. The number of hydrogen-bond acceptors (Lipinski definition) is 4. The highest BCUT2D eigenvalue weighted by Crippen LogP contribution is 2.20. The van der Waals surface area contributed by atoms with Crippen LogP contribution in [-0.4, -0.2) is 35.2 Å².